The van der Waals surface area contributed by atoms with E-state index in [0.29, 0.717) is 27.8 Å². The Hall–Kier alpha value is -2.27. The van der Waals surface area contributed by atoms with Gasteiger partial charge in [-0.05, 0) is 37.3 Å². The van der Waals surface area contributed by atoms with E-state index in [-0.39, 0.29) is 0 Å². The largest absolute Gasteiger partial charge is 0.465 e. The number of aromatic nitrogens is 1. The molecule has 0 bridgehead atoms. The Kier molecular flexibility index (Phi) is 4.10. The molecule has 0 atom stereocenters. The molecule has 0 aliphatic rings. The predicted molar refractivity (Wildman–Crippen MR) is 79.5 cm³/mol. The van der Waals surface area contributed by atoms with E-state index in [1.54, 1.807) is 30.3 Å². The molecule has 1 aromatic carbocycles. The van der Waals surface area contributed by atoms with Crippen molar-refractivity contribution in [3.8, 4) is 0 Å². The molecule has 20 heavy (non-hydrogen) atoms. The molecule has 0 saturated heterocycles. The van der Waals surface area contributed by atoms with Crippen LogP contribution in [0, 0.1) is 6.92 Å². The first-order chi connectivity index (χ1) is 9.51. The number of pyridine rings is 1. The Bertz CT molecular complexity index is 659. The molecule has 0 aliphatic carbocycles. The molecule has 0 radical (unpaired) electrons. The van der Waals surface area contributed by atoms with Crippen molar-refractivity contribution >= 4 is 34.8 Å². The van der Waals surface area contributed by atoms with Gasteiger partial charge in [-0.3, -0.25) is 0 Å². The number of aryl methyl sites for hydroxylation is 1. The molecule has 0 unspecified atom stereocenters. The van der Waals surface area contributed by atoms with Crippen molar-refractivity contribution in [2.75, 3.05) is 18.2 Å². The van der Waals surface area contributed by atoms with E-state index in [1.807, 2.05) is 6.92 Å². The maximum atomic E-state index is 11.5. The SMILES string of the molecule is COC(=O)c1ccc(Cl)c(Nc2ccc(N)c(C)n2)c1. The Balaban J connectivity index is 2.32. The number of ether oxygens (including phenoxy) is 1. The fourth-order valence-corrected chi connectivity index (χ4v) is 1.81. The number of esters is 1. The number of carbonyl (C=O) groups excluding carboxylic acids is 1. The zero-order valence-electron chi connectivity index (χ0n) is 11.1. The monoisotopic (exact) mass is 291 g/mol. The third-order valence-electron chi connectivity index (χ3n) is 2.78. The van der Waals surface area contributed by atoms with Crippen molar-refractivity contribution in [2.24, 2.45) is 0 Å². The number of nitrogens with two attached hydrogens (primary N) is 1. The predicted octanol–water partition coefficient (Wildman–Crippen LogP) is 3.16. The van der Waals surface area contributed by atoms with Gasteiger partial charge in [-0.1, -0.05) is 11.6 Å². The molecule has 104 valence electrons. The van der Waals surface area contributed by atoms with Gasteiger partial charge < -0.3 is 15.8 Å². The van der Waals surface area contributed by atoms with Crippen LogP contribution in [0.5, 0.6) is 0 Å². The zero-order chi connectivity index (χ0) is 14.7. The third kappa shape index (κ3) is 3.00. The van der Waals surface area contributed by atoms with Gasteiger partial charge in [-0.2, -0.15) is 0 Å². The Morgan fingerprint density at radius 2 is 2.10 bits per heavy atom. The summed E-state index contributed by atoms with van der Waals surface area (Å²) >= 11 is 6.10. The second-order valence-corrected chi connectivity index (χ2v) is 4.59. The summed E-state index contributed by atoms with van der Waals surface area (Å²) < 4.78 is 4.67. The molecule has 5 nitrogen and oxygen atoms in total. The maximum Gasteiger partial charge on any atom is 0.337 e. The lowest BCUT2D eigenvalue weighted by Crippen LogP contribution is -2.03. The first kappa shape index (κ1) is 14.1. The van der Waals surface area contributed by atoms with Gasteiger partial charge in [0.2, 0.25) is 0 Å². The summed E-state index contributed by atoms with van der Waals surface area (Å²) in [4.78, 5) is 15.8. The van der Waals surface area contributed by atoms with Gasteiger partial charge in [-0.15, -0.1) is 0 Å². The summed E-state index contributed by atoms with van der Waals surface area (Å²) in [6, 6.07) is 8.33. The molecule has 2 rings (SSSR count). The number of nitrogen functional groups attached to an aromatic ring is 1. The highest BCUT2D eigenvalue weighted by atomic mass is 35.5. The molecular formula is C14H14ClN3O2. The fourth-order valence-electron chi connectivity index (χ4n) is 1.65. The number of methoxy groups -OCH3 is 1. The van der Waals surface area contributed by atoms with Crippen molar-refractivity contribution in [2.45, 2.75) is 6.92 Å². The van der Waals surface area contributed by atoms with Crippen LogP contribution in [0.1, 0.15) is 16.1 Å². The summed E-state index contributed by atoms with van der Waals surface area (Å²) in [6.45, 7) is 1.81. The van der Waals surface area contributed by atoms with E-state index in [9.17, 15) is 4.79 Å². The zero-order valence-corrected chi connectivity index (χ0v) is 11.9. The lowest BCUT2D eigenvalue weighted by atomic mass is 10.2. The summed E-state index contributed by atoms with van der Waals surface area (Å²) in [7, 11) is 1.33. The van der Waals surface area contributed by atoms with Crippen molar-refractivity contribution in [1.29, 1.82) is 0 Å². The van der Waals surface area contributed by atoms with Crippen LogP contribution >= 0.6 is 11.6 Å². The summed E-state index contributed by atoms with van der Waals surface area (Å²) in [5.41, 5.74) is 8.03. The van der Waals surface area contributed by atoms with Gasteiger partial charge in [0.05, 0.1) is 34.8 Å². The lowest BCUT2D eigenvalue weighted by molar-refractivity contribution is 0.0601. The van der Waals surface area contributed by atoms with Crippen molar-refractivity contribution < 1.29 is 9.53 Å². The molecule has 2 aromatic rings. The molecule has 6 heteroatoms. The maximum absolute atomic E-state index is 11.5. The molecule has 1 aromatic heterocycles. The van der Waals surface area contributed by atoms with E-state index >= 15 is 0 Å². The van der Waals surface area contributed by atoms with Crippen molar-refractivity contribution in [3.05, 3.63) is 46.6 Å². The molecule has 0 saturated carbocycles. The summed E-state index contributed by atoms with van der Waals surface area (Å²) in [6.07, 6.45) is 0. The van der Waals surface area contributed by atoms with Crippen LogP contribution in [0.4, 0.5) is 17.2 Å². The third-order valence-corrected chi connectivity index (χ3v) is 3.11. The van der Waals surface area contributed by atoms with Crippen LogP contribution < -0.4 is 11.1 Å². The van der Waals surface area contributed by atoms with Gasteiger partial charge in [0.15, 0.2) is 0 Å². The number of hydrogen-bond acceptors (Lipinski definition) is 5. The number of nitrogens with zero attached hydrogens (tertiary/aromatic N) is 1. The fraction of sp³-hybridized carbons (Fsp3) is 0.143. The minimum atomic E-state index is -0.425. The minimum absolute atomic E-state index is 0.409. The molecule has 1 heterocycles. The number of halogens is 1. The van der Waals surface area contributed by atoms with E-state index in [2.05, 4.69) is 15.0 Å². The van der Waals surface area contributed by atoms with E-state index in [4.69, 9.17) is 17.3 Å². The average molecular weight is 292 g/mol. The quantitative estimate of drug-likeness (QED) is 0.850. The van der Waals surface area contributed by atoms with Crippen LogP contribution in [-0.2, 0) is 4.74 Å². The highest BCUT2D eigenvalue weighted by molar-refractivity contribution is 6.33. The Morgan fingerprint density at radius 3 is 2.75 bits per heavy atom. The number of anilines is 3. The van der Waals surface area contributed by atoms with Crippen LogP contribution in [0.15, 0.2) is 30.3 Å². The Labute approximate surface area is 121 Å². The average Bonchev–Trinajstić information content (AvgIpc) is 2.44. The summed E-state index contributed by atoms with van der Waals surface area (Å²) in [5.74, 6) is 0.173. The molecular weight excluding hydrogens is 278 g/mol. The number of hydrogen-bond donors (Lipinski definition) is 2. The molecule has 0 aliphatic heterocycles. The van der Waals surface area contributed by atoms with Crippen LogP contribution in [0.2, 0.25) is 5.02 Å². The van der Waals surface area contributed by atoms with Gasteiger partial charge in [-0.25, -0.2) is 9.78 Å². The number of benzene rings is 1. The van der Waals surface area contributed by atoms with Crippen LogP contribution in [0.25, 0.3) is 0 Å². The molecule has 0 spiro atoms. The standard InChI is InChI=1S/C14H14ClN3O2/c1-8-11(16)5-6-13(17-8)18-12-7-9(14(19)20-2)3-4-10(12)15/h3-7H,16H2,1-2H3,(H,17,18). The Morgan fingerprint density at radius 1 is 1.35 bits per heavy atom. The highest BCUT2D eigenvalue weighted by Gasteiger charge is 2.09. The number of nitrogens with one attached hydrogen (secondary N) is 1. The molecule has 0 fully saturated rings. The normalized spacial score (nSPS) is 10.2. The van der Waals surface area contributed by atoms with Crippen molar-refractivity contribution in [1.82, 2.24) is 4.98 Å². The minimum Gasteiger partial charge on any atom is -0.465 e. The van der Waals surface area contributed by atoms with Gasteiger partial charge >= 0.3 is 5.97 Å². The smallest absolute Gasteiger partial charge is 0.337 e. The van der Waals surface area contributed by atoms with Gasteiger partial charge in [0.25, 0.3) is 0 Å². The second-order valence-electron chi connectivity index (χ2n) is 4.18. The topological polar surface area (TPSA) is 77.2 Å². The van der Waals surface area contributed by atoms with E-state index < -0.39 is 5.97 Å². The first-order valence-electron chi connectivity index (χ1n) is 5.89. The van der Waals surface area contributed by atoms with Gasteiger partial charge in [0.1, 0.15) is 5.82 Å². The van der Waals surface area contributed by atoms with Gasteiger partial charge in [0, 0.05) is 0 Å². The highest BCUT2D eigenvalue weighted by Crippen LogP contribution is 2.26. The van der Waals surface area contributed by atoms with Crippen molar-refractivity contribution in [3.63, 3.8) is 0 Å². The van der Waals surface area contributed by atoms with Crippen LogP contribution in [-0.4, -0.2) is 18.1 Å². The lowest BCUT2D eigenvalue weighted by Gasteiger charge is -2.10. The van der Waals surface area contributed by atoms with E-state index in [1.165, 1.54) is 7.11 Å². The number of rotatable bonds is 3. The molecule has 3 N–H and O–H groups in total. The van der Waals surface area contributed by atoms with E-state index in [0.717, 1.165) is 5.69 Å². The number of carbonyl (C=O) groups is 1. The first-order valence-corrected chi connectivity index (χ1v) is 6.27. The molecule has 0 amide bonds. The second kappa shape index (κ2) is 5.79. The summed E-state index contributed by atoms with van der Waals surface area (Å²) in [5, 5.41) is 3.53. The van der Waals surface area contributed by atoms with Crippen LogP contribution in [0.3, 0.4) is 0 Å².